The second kappa shape index (κ2) is 9.35. The maximum absolute atomic E-state index is 12.7. The maximum atomic E-state index is 12.7. The second-order valence-electron chi connectivity index (χ2n) is 6.44. The summed E-state index contributed by atoms with van der Waals surface area (Å²) in [7, 11) is 0. The van der Waals surface area contributed by atoms with Crippen LogP contribution in [0.4, 0.5) is 0 Å². The predicted octanol–water partition coefficient (Wildman–Crippen LogP) is 3.47. The Morgan fingerprint density at radius 3 is 2.81 bits per heavy atom. The number of hydrogen-bond acceptors (Lipinski definition) is 4. The molecule has 142 valence electrons. The van der Waals surface area contributed by atoms with Gasteiger partial charge in [0.05, 0.1) is 17.8 Å². The molecule has 0 saturated carbocycles. The predicted molar refractivity (Wildman–Crippen MR) is 105 cm³/mol. The molecule has 1 aromatic carbocycles. The maximum Gasteiger partial charge on any atom is 0.274 e. The van der Waals surface area contributed by atoms with Crippen LogP contribution in [-0.4, -0.2) is 34.0 Å². The molecule has 3 rings (SSSR count). The molecule has 2 heterocycles. The van der Waals surface area contributed by atoms with Crippen molar-refractivity contribution in [3.8, 4) is 0 Å². The SMILES string of the molecule is CCC(NC(=O)c1nnn(C2CCNCC2)c1C)c1cccc(Cl)c1.Cl. The molecule has 1 aromatic heterocycles. The topological polar surface area (TPSA) is 71.8 Å². The van der Waals surface area contributed by atoms with Crippen molar-refractivity contribution in [3.63, 3.8) is 0 Å². The molecule has 6 nitrogen and oxygen atoms in total. The molecule has 26 heavy (non-hydrogen) atoms. The zero-order valence-electron chi connectivity index (χ0n) is 15.0. The van der Waals surface area contributed by atoms with Gasteiger partial charge >= 0.3 is 0 Å². The Labute approximate surface area is 165 Å². The molecule has 0 bridgehead atoms. The van der Waals surface area contributed by atoms with Gasteiger partial charge in [0.15, 0.2) is 5.69 Å². The number of nitrogens with one attached hydrogen (secondary N) is 2. The van der Waals surface area contributed by atoms with E-state index in [2.05, 4.69) is 20.9 Å². The number of piperidine rings is 1. The number of benzene rings is 1. The lowest BCUT2D eigenvalue weighted by Crippen LogP contribution is -2.31. The summed E-state index contributed by atoms with van der Waals surface area (Å²) in [6, 6.07) is 7.78. The molecule has 2 N–H and O–H groups in total. The lowest BCUT2D eigenvalue weighted by Gasteiger charge is -2.23. The van der Waals surface area contributed by atoms with E-state index in [-0.39, 0.29) is 24.4 Å². The molecule has 1 fully saturated rings. The highest BCUT2D eigenvalue weighted by molar-refractivity contribution is 6.30. The number of halogens is 2. The van der Waals surface area contributed by atoms with Crippen LogP contribution in [0.15, 0.2) is 24.3 Å². The van der Waals surface area contributed by atoms with E-state index in [1.165, 1.54) is 0 Å². The fourth-order valence-electron chi connectivity index (χ4n) is 3.32. The van der Waals surface area contributed by atoms with Gasteiger partial charge in [0.25, 0.3) is 5.91 Å². The van der Waals surface area contributed by atoms with Crippen LogP contribution in [0.5, 0.6) is 0 Å². The van der Waals surface area contributed by atoms with Crippen LogP contribution in [-0.2, 0) is 0 Å². The van der Waals surface area contributed by atoms with Gasteiger partial charge in [-0.05, 0) is 57.0 Å². The fraction of sp³-hybridized carbons (Fsp3) is 0.500. The monoisotopic (exact) mass is 397 g/mol. The Hall–Kier alpha value is -1.63. The minimum absolute atomic E-state index is 0. The summed E-state index contributed by atoms with van der Waals surface area (Å²) >= 11 is 6.07. The normalized spacial score (nSPS) is 16.0. The number of carbonyl (C=O) groups is 1. The Kier molecular flexibility index (Phi) is 7.43. The number of nitrogens with zero attached hydrogens (tertiary/aromatic N) is 3. The van der Waals surface area contributed by atoms with Gasteiger partial charge in [-0.15, -0.1) is 17.5 Å². The van der Waals surface area contributed by atoms with Crippen molar-refractivity contribution in [3.05, 3.63) is 46.2 Å². The minimum atomic E-state index is -0.190. The van der Waals surface area contributed by atoms with Crippen molar-refractivity contribution in [1.29, 1.82) is 0 Å². The smallest absolute Gasteiger partial charge is 0.274 e. The molecule has 1 amide bonds. The van der Waals surface area contributed by atoms with Gasteiger partial charge in [-0.1, -0.05) is 35.9 Å². The summed E-state index contributed by atoms with van der Waals surface area (Å²) in [5.74, 6) is -0.190. The quantitative estimate of drug-likeness (QED) is 0.809. The third-order valence-electron chi connectivity index (χ3n) is 4.76. The van der Waals surface area contributed by atoms with Gasteiger partial charge in [-0.25, -0.2) is 4.68 Å². The van der Waals surface area contributed by atoms with Crippen LogP contribution in [0, 0.1) is 6.92 Å². The lowest BCUT2D eigenvalue weighted by atomic mass is 10.0. The summed E-state index contributed by atoms with van der Waals surface area (Å²) in [4.78, 5) is 12.7. The van der Waals surface area contributed by atoms with E-state index in [1.807, 2.05) is 42.8 Å². The van der Waals surface area contributed by atoms with E-state index in [4.69, 9.17) is 11.6 Å². The van der Waals surface area contributed by atoms with Crippen molar-refractivity contribution < 1.29 is 4.79 Å². The molecule has 1 aliphatic rings. The van der Waals surface area contributed by atoms with Crippen LogP contribution in [0.2, 0.25) is 5.02 Å². The molecule has 1 atom stereocenters. The van der Waals surface area contributed by atoms with E-state index in [0.29, 0.717) is 16.8 Å². The van der Waals surface area contributed by atoms with Gasteiger partial charge in [0.2, 0.25) is 0 Å². The molecule has 0 aliphatic carbocycles. The van der Waals surface area contributed by atoms with E-state index in [9.17, 15) is 4.79 Å². The first-order chi connectivity index (χ1) is 12.1. The summed E-state index contributed by atoms with van der Waals surface area (Å²) in [6.45, 7) is 5.89. The first kappa shape index (κ1) is 20.7. The molecule has 2 aromatic rings. The Balaban J connectivity index is 0.00000243. The lowest BCUT2D eigenvalue weighted by molar-refractivity contribution is 0.0929. The van der Waals surface area contributed by atoms with E-state index in [1.54, 1.807) is 0 Å². The molecule has 1 unspecified atom stereocenters. The summed E-state index contributed by atoms with van der Waals surface area (Å²) in [5, 5.41) is 15.4. The summed E-state index contributed by atoms with van der Waals surface area (Å²) < 4.78 is 1.90. The van der Waals surface area contributed by atoms with Gasteiger partial charge < -0.3 is 10.6 Å². The highest BCUT2D eigenvalue weighted by Crippen LogP contribution is 2.23. The van der Waals surface area contributed by atoms with Gasteiger partial charge in [-0.3, -0.25) is 4.79 Å². The van der Waals surface area contributed by atoms with Crippen LogP contribution in [0.25, 0.3) is 0 Å². The number of hydrogen-bond donors (Lipinski definition) is 2. The fourth-order valence-corrected chi connectivity index (χ4v) is 3.52. The molecule has 1 aliphatic heterocycles. The van der Waals surface area contributed by atoms with Crippen molar-refractivity contribution in [2.75, 3.05) is 13.1 Å². The molecular formula is C18H25Cl2N5O. The largest absolute Gasteiger partial charge is 0.344 e. The Bertz CT molecular complexity index is 743. The molecule has 0 radical (unpaired) electrons. The minimum Gasteiger partial charge on any atom is -0.344 e. The third-order valence-corrected chi connectivity index (χ3v) is 5.00. The number of rotatable bonds is 5. The zero-order chi connectivity index (χ0) is 17.8. The standard InChI is InChI=1S/C18H24ClN5O.ClH/c1-3-16(13-5-4-6-14(19)11-13)21-18(25)17-12(2)24(23-22-17)15-7-9-20-10-8-15;/h4-6,11,15-16,20H,3,7-10H2,1-2H3,(H,21,25);1H. The first-order valence-corrected chi connectivity index (χ1v) is 9.16. The van der Waals surface area contributed by atoms with E-state index >= 15 is 0 Å². The van der Waals surface area contributed by atoms with Gasteiger partial charge in [0.1, 0.15) is 0 Å². The van der Waals surface area contributed by atoms with Crippen LogP contribution in [0.1, 0.15) is 60.0 Å². The van der Waals surface area contributed by atoms with Crippen molar-refractivity contribution >= 4 is 29.9 Å². The summed E-state index contributed by atoms with van der Waals surface area (Å²) in [5.41, 5.74) is 2.22. The number of aromatic nitrogens is 3. The molecule has 1 saturated heterocycles. The molecular weight excluding hydrogens is 373 g/mol. The highest BCUT2D eigenvalue weighted by Gasteiger charge is 2.24. The average molecular weight is 398 g/mol. The van der Waals surface area contributed by atoms with Crippen molar-refractivity contribution in [2.24, 2.45) is 0 Å². The van der Waals surface area contributed by atoms with E-state index in [0.717, 1.165) is 43.6 Å². The third kappa shape index (κ3) is 4.55. The Morgan fingerprint density at radius 2 is 2.15 bits per heavy atom. The van der Waals surface area contributed by atoms with Gasteiger partial charge in [-0.2, -0.15) is 0 Å². The van der Waals surface area contributed by atoms with Crippen LogP contribution in [0.3, 0.4) is 0 Å². The van der Waals surface area contributed by atoms with Gasteiger partial charge in [0, 0.05) is 5.02 Å². The van der Waals surface area contributed by atoms with Crippen LogP contribution >= 0.6 is 24.0 Å². The summed E-state index contributed by atoms with van der Waals surface area (Å²) in [6.07, 6.45) is 2.78. The number of amides is 1. The average Bonchev–Trinajstić information content (AvgIpc) is 3.02. The zero-order valence-corrected chi connectivity index (χ0v) is 16.6. The molecule has 0 spiro atoms. The van der Waals surface area contributed by atoms with Crippen molar-refractivity contribution in [2.45, 2.75) is 45.2 Å². The number of carbonyl (C=O) groups excluding carboxylic acids is 1. The first-order valence-electron chi connectivity index (χ1n) is 8.79. The Morgan fingerprint density at radius 1 is 1.42 bits per heavy atom. The van der Waals surface area contributed by atoms with E-state index < -0.39 is 0 Å². The van der Waals surface area contributed by atoms with Crippen molar-refractivity contribution in [1.82, 2.24) is 25.6 Å². The highest BCUT2D eigenvalue weighted by atomic mass is 35.5. The second-order valence-corrected chi connectivity index (χ2v) is 6.87. The molecule has 8 heteroatoms. The van der Waals surface area contributed by atoms with Crippen LogP contribution < -0.4 is 10.6 Å².